The number of halogens is 2. The monoisotopic (exact) mass is 338 g/mol. The van der Waals surface area contributed by atoms with Gasteiger partial charge in [-0.1, -0.05) is 6.07 Å². The fourth-order valence-electron chi connectivity index (χ4n) is 3.21. The normalized spacial score (nSPS) is 23.8. The Hall–Kier alpha value is -2.02. The van der Waals surface area contributed by atoms with Crippen LogP contribution in [0.2, 0.25) is 0 Å². The molecule has 0 aromatic heterocycles. The van der Waals surface area contributed by atoms with Gasteiger partial charge in [0.15, 0.2) is 0 Å². The molecule has 2 aliphatic rings. The quantitative estimate of drug-likeness (QED) is 0.895. The Balaban J connectivity index is 1.57. The minimum atomic E-state index is -0.784. The standard InChI is InChI=1S/C17H20F2N2O3/c18-12-4-1-5-13(19)16(12)21-9-8-14(17(21)23)20-15(22)7-6-11-3-2-10-24-11/h1,4-5,11,14H,2-3,6-10H2,(H,20,22). The van der Waals surface area contributed by atoms with Gasteiger partial charge >= 0.3 is 0 Å². The largest absolute Gasteiger partial charge is 0.378 e. The lowest BCUT2D eigenvalue weighted by molar-refractivity contribution is -0.126. The molecule has 2 amide bonds. The highest BCUT2D eigenvalue weighted by atomic mass is 19.1. The molecule has 130 valence electrons. The van der Waals surface area contributed by atoms with Crippen LogP contribution in [-0.2, 0) is 14.3 Å². The van der Waals surface area contributed by atoms with E-state index in [2.05, 4.69) is 5.32 Å². The molecule has 2 unspecified atom stereocenters. The van der Waals surface area contributed by atoms with Gasteiger partial charge in [0.05, 0.1) is 6.10 Å². The third-order valence-electron chi connectivity index (χ3n) is 4.47. The van der Waals surface area contributed by atoms with Crippen LogP contribution in [0.15, 0.2) is 18.2 Å². The Bertz CT molecular complexity index is 612. The van der Waals surface area contributed by atoms with Crippen molar-refractivity contribution in [3.05, 3.63) is 29.8 Å². The topological polar surface area (TPSA) is 58.6 Å². The number of benzene rings is 1. The van der Waals surface area contributed by atoms with Crippen molar-refractivity contribution in [2.45, 2.75) is 44.2 Å². The van der Waals surface area contributed by atoms with E-state index in [0.717, 1.165) is 36.5 Å². The second kappa shape index (κ2) is 7.25. The number of amides is 2. The van der Waals surface area contributed by atoms with E-state index < -0.39 is 23.6 Å². The first-order valence-corrected chi connectivity index (χ1v) is 8.22. The molecule has 3 rings (SSSR count). The number of carbonyl (C=O) groups is 2. The fourth-order valence-corrected chi connectivity index (χ4v) is 3.21. The first-order chi connectivity index (χ1) is 11.6. The third kappa shape index (κ3) is 3.56. The number of ether oxygens (including phenoxy) is 1. The predicted molar refractivity (Wildman–Crippen MR) is 83.5 cm³/mol. The molecule has 2 heterocycles. The number of hydrogen-bond acceptors (Lipinski definition) is 3. The van der Waals surface area contributed by atoms with Crippen LogP contribution >= 0.6 is 0 Å². The van der Waals surface area contributed by atoms with Crippen LogP contribution in [0.5, 0.6) is 0 Å². The zero-order valence-electron chi connectivity index (χ0n) is 13.3. The molecule has 0 bridgehead atoms. The van der Waals surface area contributed by atoms with Gasteiger partial charge in [-0.25, -0.2) is 8.78 Å². The predicted octanol–water partition coefficient (Wildman–Crippen LogP) is 2.15. The number of rotatable bonds is 5. The van der Waals surface area contributed by atoms with Gasteiger partial charge in [-0.3, -0.25) is 9.59 Å². The van der Waals surface area contributed by atoms with E-state index >= 15 is 0 Å². The van der Waals surface area contributed by atoms with Crippen molar-refractivity contribution in [2.24, 2.45) is 0 Å². The van der Waals surface area contributed by atoms with E-state index in [1.165, 1.54) is 6.07 Å². The average Bonchev–Trinajstić information content (AvgIpc) is 3.18. The summed E-state index contributed by atoms with van der Waals surface area (Å²) in [5.41, 5.74) is -0.349. The molecule has 0 saturated carbocycles. The molecule has 1 aromatic rings. The van der Waals surface area contributed by atoms with Gasteiger partial charge in [-0.2, -0.15) is 0 Å². The molecular weight excluding hydrogens is 318 g/mol. The van der Waals surface area contributed by atoms with Gasteiger partial charge in [0.25, 0.3) is 0 Å². The summed E-state index contributed by atoms with van der Waals surface area (Å²) in [4.78, 5) is 25.4. The summed E-state index contributed by atoms with van der Waals surface area (Å²) in [5.74, 6) is -2.29. The second-order valence-electron chi connectivity index (χ2n) is 6.14. The number of para-hydroxylation sites is 1. The number of carbonyl (C=O) groups excluding carboxylic acids is 2. The maximum atomic E-state index is 13.8. The molecule has 2 saturated heterocycles. The molecule has 24 heavy (non-hydrogen) atoms. The van der Waals surface area contributed by atoms with Gasteiger partial charge in [0.2, 0.25) is 11.8 Å². The average molecular weight is 338 g/mol. The van der Waals surface area contributed by atoms with Gasteiger partial charge in [-0.15, -0.1) is 0 Å². The molecular formula is C17H20F2N2O3. The maximum Gasteiger partial charge on any atom is 0.249 e. The smallest absolute Gasteiger partial charge is 0.249 e. The van der Waals surface area contributed by atoms with Crippen molar-refractivity contribution < 1.29 is 23.1 Å². The molecule has 2 aliphatic heterocycles. The molecule has 5 nitrogen and oxygen atoms in total. The summed E-state index contributed by atoms with van der Waals surface area (Å²) in [6, 6.07) is 2.73. The van der Waals surface area contributed by atoms with E-state index in [-0.39, 0.29) is 30.7 Å². The van der Waals surface area contributed by atoms with Gasteiger partial charge in [0.1, 0.15) is 23.4 Å². The van der Waals surface area contributed by atoms with Gasteiger partial charge < -0.3 is 15.0 Å². The number of nitrogens with zero attached hydrogens (tertiary/aromatic N) is 1. The Morgan fingerprint density at radius 1 is 1.29 bits per heavy atom. The molecule has 0 radical (unpaired) electrons. The molecule has 7 heteroatoms. The SMILES string of the molecule is O=C(CCC1CCCO1)NC1CCN(c2c(F)cccc2F)C1=O. The number of hydrogen-bond donors (Lipinski definition) is 1. The summed E-state index contributed by atoms with van der Waals surface area (Å²) in [7, 11) is 0. The number of nitrogens with one attached hydrogen (secondary N) is 1. The summed E-state index contributed by atoms with van der Waals surface area (Å²) in [6.07, 6.45) is 3.31. The van der Waals surface area contributed by atoms with Crippen molar-refractivity contribution in [3.63, 3.8) is 0 Å². The van der Waals surface area contributed by atoms with E-state index in [1.807, 2.05) is 0 Å². The summed E-state index contributed by atoms with van der Waals surface area (Å²) in [5, 5.41) is 2.66. The highest BCUT2D eigenvalue weighted by Gasteiger charge is 2.36. The zero-order valence-corrected chi connectivity index (χ0v) is 13.3. The molecule has 1 aromatic carbocycles. The maximum absolute atomic E-state index is 13.8. The van der Waals surface area contributed by atoms with E-state index in [1.54, 1.807) is 0 Å². The fraction of sp³-hybridized carbons (Fsp3) is 0.529. The Morgan fingerprint density at radius 2 is 2.04 bits per heavy atom. The van der Waals surface area contributed by atoms with Crippen LogP contribution in [0.1, 0.15) is 32.1 Å². The van der Waals surface area contributed by atoms with Crippen LogP contribution in [0.3, 0.4) is 0 Å². The van der Waals surface area contributed by atoms with Crippen LogP contribution in [0.25, 0.3) is 0 Å². The molecule has 0 spiro atoms. The van der Waals surface area contributed by atoms with Crippen LogP contribution in [-0.4, -0.2) is 37.1 Å². The van der Waals surface area contributed by atoms with Crippen LogP contribution < -0.4 is 10.2 Å². The number of anilines is 1. The van der Waals surface area contributed by atoms with Crippen molar-refractivity contribution in [3.8, 4) is 0 Å². The van der Waals surface area contributed by atoms with Crippen molar-refractivity contribution in [1.29, 1.82) is 0 Å². The Kier molecular flexibility index (Phi) is 5.08. The molecule has 0 aliphatic carbocycles. The van der Waals surface area contributed by atoms with Crippen LogP contribution in [0, 0.1) is 11.6 Å². The minimum Gasteiger partial charge on any atom is -0.378 e. The van der Waals surface area contributed by atoms with Crippen molar-refractivity contribution >= 4 is 17.5 Å². The summed E-state index contributed by atoms with van der Waals surface area (Å²) in [6.45, 7) is 0.907. The lowest BCUT2D eigenvalue weighted by atomic mass is 10.1. The second-order valence-corrected chi connectivity index (χ2v) is 6.14. The van der Waals surface area contributed by atoms with E-state index in [9.17, 15) is 18.4 Å². The molecule has 2 atom stereocenters. The zero-order chi connectivity index (χ0) is 17.1. The highest BCUT2D eigenvalue weighted by molar-refractivity contribution is 6.01. The van der Waals surface area contributed by atoms with Crippen molar-refractivity contribution in [2.75, 3.05) is 18.1 Å². The summed E-state index contributed by atoms with van der Waals surface area (Å²) >= 11 is 0. The van der Waals surface area contributed by atoms with E-state index in [4.69, 9.17) is 4.74 Å². The lowest BCUT2D eigenvalue weighted by Crippen LogP contribution is -2.42. The van der Waals surface area contributed by atoms with Crippen LogP contribution in [0.4, 0.5) is 14.5 Å². The minimum absolute atomic E-state index is 0.110. The Morgan fingerprint density at radius 3 is 2.71 bits per heavy atom. The third-order valence-corrected chi connectivity index (χ3v) is 4.47. The molecule has 2 fully saturated rings. The first kappa shape index (κ1) is 16.8. The first-order valence-electron chi connectivity index (χ1n) is 8.22. The molecule has 1 N–H and O–H groups in total. The van der Waals surface area contributed by atoms with Crippen molar-refractivity contribution in [1.82, 2.24) is 5.32 Å². The lowest BCUT2D eigenvalue weighted by Gasteiger charge is -2.18. The van der Waals surface area contributed by atoms with Gasteiger partial charge in [-0.05, 0) is 37.8 Å². The highest BCUT2D eigenvalue weighted by Crippen LogP contribution is 2.27. The summed E-state index contributed by atoms with van der Waals surface area (Å²) < 4.78 is 33.1. The van der Waals surface area contributed by atoms with Gasteiger partial charge in [0, 0.05) is 19.6 Å². The Labute approximate surface area is 139 Å². The van der Waals surface area contributed by atoms with E-state index in [0.29, 0.717) is 12.8 Å².